The zero-order valence-corrected chi connectivity index (χ0v) is 18.9. The highest BCUT2D eigenvalue weighted by Crippen LogP contribution is 2.32. The molecule has 12 heteroatoms. The Morgan fingerprint density at radius 3 is 2.53 bits per heavy atom. The minimum Gasteiger partial charge on any atom is -0.486 e. The van der Waals surface area contributed by atoms with E-state index in [1.165, 1.54) is 36.5 Å². The van der Waals surface area contributed by atoms with Gasteiger partial charge in [-0.15, -0.1) is 0 Å². The molecular weight excluding hydrogens is 462 g/mol. The summed E-state index contributed by atoms with van der Waals surface area (Å²) in [4.78, 5) is 28.3. The second-order valence-corrected chi connectivity index (χ2v) is 9.32. The summed E-state index contributed by atoms with van der Waals surface area (Å²) in [6, 6.07) is 5.98. The molecule has 2 aromatic rings. The van der Waals surface area contributed by atoms with E-state index in [0.29, 0.717) is 29.7 Å². The summed E-state index contributed by atoms with van der Waals surface area (Å²) in [5, 5.41) is 2.85. The van der Waals surface area contributed by atoms with Crippen molar-refractivity contribution in [3.05, 3.63) is 41.6 Å². The van der Waals surface area contributed by atoms with Gasteiger partial charge in [-0.3, -0.25) is 9.59 Å². The number of carbonyl (C=O) groups is 2. The number of halogens is 1. The van der Waals surface area contributed by atoms with Gasteiger partial charge in [0.05, 0.1) is 9.92 Å². The van der Waals surface area contributed by atoms with Crippen LogP contribution in [0.2, 0.25) is 5.02 Å². The lowest BCUT2D eigenvalue weighted by Gasteiger charge is -2.22. The fourth-order valence-corrected chi connectivity index (χ4v) is 4.20. The smallest absolute Gasteiger partial charge is 0.324 e. The Morgan fingerprint density at radius 2 is 1.88 bits per heavy atom. The molecule has 1 unspecified atom stereocenters. The highest BCUT2D eigenvalue weighted by molar-refractivity contribution is 7.89. The van der Waals surface area contributed by atoms with Crippen LogP contribution >= 0.6 is 11.6 Å². The Bertz CT molecular complexity index is 1090. The summed E-state index contributed by atoms with van der Waals surface area (Å²) >= 11 is 5.73. The number of anilines is 1. The van der Waals surface area contributed by atoms with Crippen molar-refractivity contribution >= 4 is 39.3 Å². The number of rotatable bonds is 8. The van der Waals surface area contributed by atoms with Crippen LogP contribution in [0.5, 0.6) is 11.5 Å². The van der Waals surface area contributed by atoms with Gasteiger partial charge in [0.25, 0.3) is 5.91 Å². The number of nitrogens with one attached hydrogen (secondary N) is 2. The first-order valence-corrected chi connectivity index (χ1v) is 11.5. The molecule has 0 saturated heterocycles. The fraction of sp³-hybridized carbons (Fsp3) is 0.350. The van der Waals surface area contributed by atoms with Crippen molar-refractivity contribution in [3.8, 4) is 11.5 Å². The van der Waals surface area contributed by atoms with Crippen LogP contribution in [0.3, 0.4) is 0 Å². The molecule has 0 bridgehead atoms. The summed E-state index contributed by atoms with van der Waals surface area (Å²) in [7, 11) is -4.08. The molecule has 172 valence electrons. The van der Waals surface area contributed by atoms with E-state index in [9.17, 15) is 18.0 Å². The van der Waals surface area contributed by atoms with Crippen molar-refractivity contribution in [2.45, 2.75) is 24.8 Å². The average molecular weight is 484 g/mol. The van der Waals surface area contributed by atoms with E-state index in [4.69, 9.17) is 25.8 Å². The second kappa shape index (κ2) is 10.2. The van der Waals surface area contributed by atoms with Crippen molar-refractivity contribution in [3.63, 3.8) is 0 Å². The maximum absolute atomic E-state index is 12.8. The van der Waals surface area contributed by atoms with Gasteiger partial charge in [0.15, 0.2) is 18.1 Å². The first kappa shape index (κ1) is 23.8. The van der Waals surface area contributed by atoms with E-state index < -0.39 is 40.5 Å². The quantitative estimate of drug-likeness (QED) is 0.544. The normalized spacial score (nSPS) is 14.0. The lowest BCUT2D eigenvalue weighted by Crippen LogP contribution is -2.45. The van der Waals surface area contributed by atoms with Crippen LogP contribution in [0.4, 0.5) is 5.82 Å². The van der Waals surface area contributed by atoms with Gasteiger partial charge in [0.1, 0.15) is 25.1 Å². The minimum atomic E-state index is -4.08. The highest BCUT2D eigenvalue weighted by Gasteiger charge is 2.31. The van der Waals surface area contributed by atoms with Crippen LogP contribution in [0, 0.1) is 5.92 Å². The molecule has 2 heterocycles. The molecule has 1 aliphatic heterocycles. The van der Waals surface area contributed by atoms with E-state index in [1.807, 2.05) is 0 Å². The van der Waals surface area contributed by atoms with Crippen LogP contribution in [0.25, 0.3) is 0 Å². The van der Waals surface area contributed by atoms with E-state index in [-0.39, 0.29) is 10.7 Å². The van der Waals surface area contributed by atoms with Crippen LogP contribution in [-0.2, 0) is 24.3 Å². The molecule has 0 fully saturated rings. The minimum absolute atomic E-state index is 0.0910. The molecule has 1 aliphatic rings. The molecule has 1 aromatic heterocycles. The zero-order chi connectivity index (χ0) is 23.3. The number of aromatic nitrogens is 1. The first-order chi connectivity index (χ1) is 15.2. The van der Waals surface area contributed by atoms with E-state index in [1.54, 1.807) is 13.8 Å². The van der Waals surface area contributed by atoms with Crippen molar-refractivity contribution in [2.75, 3.05) is 25.1 Å². The number of benzene rings is 1. The van der Waals surface area contributed by atoms with Crippen LogP contribution in [0.15, 0.2) is 41.4 Å². The third kappa shape index (κ3) is 6.09. The molecule has 32 heavy (non-hydrogen) atoms. The van der Waals surface area contributed by atoms with Gasteiger partial charge in [-0.25, -0.2) is 13.4 Å². The zero-order valence-electron chi connectivity index (χ0n) is 17.3. The Morgan fingerprint density at radius 1 is 1.16 bits per heavy atom. The predicted molar refractivity (Wildman–Crippen MR) is 115 cm³/mol. The SMILES string of the molecule is CC(C)C(NS(=O)(=O)c1ccc2c(c1)OCCO2)C(=O)OCC(=O)Nc1ccc(Cl)cn1. The van der Waals surface area contributed by atoms with Gasteiger partial charge in [-0.2, -0.15) is 4.72 Å². The van der Waals surface area contributed by atoms with Gasteiger partial charge in [0.2, 0.25) is 10.0 Å². The molecular formula is C20H22ClN3O7S. The van der Waals surface area contributed by atoms with Crippen molar-refractivity contribution < 1.29 is 32.2 Å². The van der Waals surface area contributed by atoms with Crippen molar-refractivity contribution in [1.29, 1.82) is 0 Å². The number of esters is 1. The third-order valence-electron chi connectivity index (χ3n) is 4.37. The molecule has 1 atom stereocenters. The van der Waals surface area contributed by atoms with E-state index in [0.717, 1.165) is 0 Å². The number of sulfonamides is 1. The summed E-state index contributed by atoms with van der Waals surface area (Å²) in [5.41, 5.74) is 0. The van der Waals surface area contributed by atoms with Gasteiger partial charge >= 0.3 is 5.97 Å². The lowest BCUT2D eigenvalue weighted by atomic mass is 10.1. The summed E-state index contributed by atoms with van der Waals surface area (Å²) in [6.45, 7) is 3.36. The summed E-state index contributed by atoms with van der Waals surface area (Å²) in [6.07, 6.45) is 1.35. The Kier molecular flexibility index (Phi) is 7.54. The number of ether oxygens (including phenoxy) is 3. The van der Waals surface area contributed by atoms with Crippen molar-refractivity contribution in [2.24, 2.45) is 5.92 Å². The molecule has 3 rings (SSSR count). The number of hydrogen-bond donors (Lipinski definition) is 2. The molecule has 0 saturated carbocycles. The highest BCUT2D eigenvalue weighted by atomic mass is 35.5. The van der Waals surface area contributed by atoms with E-state index >= 15 is 0 Å². The Balaban J connectivity index is 1.63. The molecule has 0 radical (unpaired) electrons. The number of nitrogens with zero attached hydrogens (tertiary/aromatic N) is 1. The summed E-state index contributed by atoms with van der Waals surface area (Å²) in [5.74, 6) is -0.997. The standard InChI is InChI=1S/C20H22ClN3O7S/c1-12(2)19(20(26)31-11-18(25)23-17-6-3-13(21)10-22-17)24-32(27,28)14-4-5-15-16(9-14)30-8-7-29-15/h3-6,9-10,12,19,24H,7-8,11H2,1-2H3,(H,22,23,25). The number of carbonyl (C=O) groups excluding carboxylic acids is 2. The average Bonchev–Trinajstić information content (AvgIpc) is 2.77. The lowest BCUT2D eigenvalue weighted by molar-refractivity contribution is -0.150. The number of amides is 1. The number of pyridine rings is 1. The predicted octanol–water partition coefficient (Wildman–Crippen LogP) is 1.99. The van der Waals surface area contributed by atoms with Gasteiger partial charge < -0.3 is 19.5 Å². The maximum Gasteiger partial charge on any atom is 0.324 e. The molecule has 0 aliphatic carbocycles. The maximum atomic E-state index is 12.8. The van der Waals surface area contributed by atoms with Crippen LogP contribution in [-0.4, -0.2) is 51.1 Å². The monoisotopic (exact) mass is 483 g/mol. The molecule has 1 aromatic carbocycles. The largest absolute Gasteiger partial charge is 0.486 e. The van der Waals surface area contributed by atoms with Crippen molar-refractivity contribution in [1.82, 2.24) is 9.71 Å². The Labute approximate surface area is 190 Å². The fourth-order valence-electron chi connectivity index (χ4n) is 2.74. The molecule has 0 spiro atoms. The van der Waals surface area contributed by atoms with Crippen LogP contribution in [0.1, 0.15) is 13.8 Å². The van der Waals surface area contributed by atoms with E-state index in [2.05, 4.69) is 15.0 Å². The molecule has 10 nitrogen and oxygen atoms in total. The number of fused-ring (bicyclic) bond motifs is 1. The topological polar surface area (TPSA) is 133 Å². The van der Waals surface area contributed by atoms with Gasteiger partial charge in [-0.05, 0) is 30.2 Å². The molecule has 2 N–H and O–H groups in total. The number of hydrogen-bond acceptors (Lipinski definition) is 8. The third-order valence-corrected chi connectivity index (χ3v) is 6.03. The summed E-state index contributed by atoms with van der Waals surface area (Å²) < 4.78 is 43.8. The Hall–Kier alpha value is -2.89. The second-order valence-electron chi connectivity index (χ2n) is 7.17. The molecule has 1 amide bonds. The van der Waals surface area contributed by atoms with Gasteiger partial charge in [0, 0.05) is 12.3 Å². The first-order valence-electron chi connectivity index (χ1n) is 9.66. The van der Waals surface area contributed by atoms with Gasteiger partial charge in [-0.1, -0.05) is 25.4 Å². The van der Waals surface area contributed by atoms with Crippen LogP contribution < -0.4 is 19.5 Å².